The first-order valence-electron chi connectivity index (χ1n) is 18.7. The van der Waals surface area contributed by atoms with E-state index in [0.29, 0.717) is 29.9 Å². The largest absolute Gasteiger partial charge is 0.462 e. The lowest BCUT2D eigenvalue weighted by molar-refractivity contribution is -0.151. The van der Waals surface area contributed by atoms with E-state index >= 15 is 0 Å². The van der Waals surface area contributed by atoms with Crippen molar-refractivity contribution in [2.75, 3.05) is 66.0 Å². The molecular formula is C41H41N5O16. The number of hydrogen-bond acceptors (Lipinski definition) is 19. The molecule has 0 spiro atoms. The standard InChI is InChI=1S/C41H41N5O16/c47-26-43-31-8-4-29(5-9-31)39(53)59-20-17-56-23-36(50)42-16-2-1-3-35(41(55)61-22-19-58-25-38(52)62-34-14-12-33(13-15-34)45-28-49)46-37(51)24-57-18-21-60-40(54)30-6-10-32(11-7-30)44-27-48/h4-15,35H,1-3,16-25H2,(H,42,50)(H,46,51). The van der Waals surface area contributed by atoms with Crippen LogP contribution in [0.1, 0.15) is 40.0 Å². The number of carbonyl (C=O) groups excluding carboxylic acids is 9. The summed E-state index contributed by atoms with van der Waals surface area (Å²) in [6, 6.07) is 16.1. The number of esters is 4. The third kappa shape index (κ3) is 20.0. The second kappa shape index (κ2) is 28.8. The number of benzene rings is 3. The van der Waals surface area contributed by atoms with E-state index in [1.54, 1.807) is 0 Å². The summed E-state index contributed by atoms with van der Waals surface area (Å²) in [4.78, 5) is 116. The first kappa shape index (κ1) is 48.9. The number of unbranched alkanes of at least 4 members (excludes halogenated alkanes) is 1. The third-order valence-electron chi connectivity index (χ3n) is 7.74. The van der Waals surface area contributed by atoms with Crippen molar-refractivity contribution in [3.63, 3.8) is 0 Å². The molecule has 3 aromatic rings. The van der Waals surface area contributed by atoms with Gasteiger partial charge >= 0.3 is 23.9 Å². The lowest BCUT2D eigenvalue weighted by atomic mass is 10.1. The molecule has 0 radical (unpaired) electrons. The molecule has 21 nitrogen and oxygen atoms in total. The van der Waals surface area contributed by atoms with Gasteiger partial charge in [0.1, 0.15) is 51.4 Å². The summed E-state index contributed by atoms with van der Waals surface area (Å²) < 4.78 is 36.3. The Kier molecular flexibility index (Phi) is 22.7. The summed E-state index contributed by atoms with van der Waals surface area (Å²) in [6.07, 6.45) is 5.04. The molecule has 0 bridgehead atoms. The first-order valence-corrected chi connectivity index (χ1v) is 18.7. The average molecular weight is 860 g/mol. The Bertz CT molecular complexity index is 2090. The molecule has 0 heterocycles. The molecule has 0 aliphatic rings. The van der Waals surface area contributed by atoms with Crippen LogP contribution in [-0.2, 0) is 62.0 Å². The lowest BCUT2D eigenvalue weighted by Gasteiger charge is -2.18. The van der Waals surface area contributed by atoms with Gasteiger partial charge in [0.15, 0.2) is 0 Å². The van der Waals surface area contributed by atoms with Crippen LogP contribution >= 0.6 is 0 Å². The van der Waals surface area contributed by atoms with Crippen molar-refractivity contribution in [3.8, 4) is 5.75 Å². The van der Waals surface area contributed by atoms with E-state index < -0.39 is 54.9 Å². The summed E-state index contributed by atoms with van der Waals surface area (Å²) >= 11 is 0. The Morgan fingerprint density at radius 2 is 0.984 bits per heavy atom. The maximum atomic E-state index is 13.0. The fourth-order valence-corrected chi connectivity index (χ4v) is 4.83. The normalized spacial score (nSPS) is 10.6. The molecule has 0 aromatic heterocycles. The molecule has 0 fully saturated rings. The Morgan fingerprint density at radius 3 is 1.48 bits per heavy atom. The van der Waals surface area contributed by atoms with Crippen LogP contribution in [0.15, 0.2) is 87.8 Å². The number of amides is 2. The van der Waals surface area contributed by atoms with Gasteiger partial charge < -0.3 is 43.8 Å². The van der Waals surface area contributed by atoms with Gasteiger partial charge in [-0.05, 0) is 92.1 Å². The lowest BCUT2D eigenvalue weighted by Crippen LogP contribution is -2.44. The Hall–Kier alpha value is -7.50. The number of hydrogen-bond donors (Lipinski definition) is 2. The van der Waals surface area contributed by atoms with Gasteiger partial charge in [0.05, 0.1) is 48.0 Å². The van der Waals surface area contributed by atoms with Gasteiger partial charge in [-0.2, -0.15) is 15.0 Å². The van der Waals surface area contributed by atoms with Gasteiger partial charge in [0.2, 0.25) is 30.1 Å². The van der Waals surface area contributed by atoms with E-state index in [2.05, 4.69) is 25.6 Å². The molecule has 0 aliphatic carbocycles. The quantitative estimate of drug-likeness (QED) is 0.0265. The Balaban J connectivity index is 1.37. The van der Waals surface area contributed by atoms with Gasteiger partial charge in [-0.25, -0.2) is 33.6 Å². The maximum Gasteiger partial charge on any atom is 0.338 e. The zero-order valence-electron chi connectivity index (χ0n) is 33.1. The zero-order valence-corrected chi connectivity index (χ0v) is 33.1. The number of ether oxygens (including phenoxy) is 7. The topological polar surface area (TPSA) is 279 Å². The molecule has 3 aromatic carbocycles. The zero-order chi connectivity index (χ0) is 44.8. The highest BCUT2D eigenvalue weighted by Crippen LogP contribution is 2.18. The fraction of sp³-hybridized carbons (Fsp3) is 0.341. The minimum Gasteiger partial charge on any atom is -0.462 e. The predicted octanol–water partition coefficient (Wildman–Crippen LogP) is 2.57. The average Bonchev–Trinajstić information content (AvgIpc) is 3.26. The molecule has 2 amide bonds. The van der Waals surface area contributed by atoms with Crippen LogP contribution in [0.25, 0.3) is 0 Å². The van der Waals surface area contributed by atoms with Crippen molar-refractivity contribution >= 4 is 71.0 Å². The minimum absolute atomic E-state index is 0.0516. The van der Waals surface area contributed by atoms with Crippen molar-refractivity contribution in [2.45, 2.75) is 25.3 Å². The number of nitrogens with zero attached hydrogens (tertiary/aromatic N) is 3. The van der Waals surface area contributed by atoms with Gasteiger partial charge in [0, 0.05) is 6.54 Å². The van der Waals surface area contributed by atoms with Gasteiger partial charge in [-0.3, -0.25) is 9.59 Å². The molecule has 21 heteroatoms. The van der Waals surface area contributed by atoms with Gasteiger partial charge in [-0.15, -0.1) is 0 Å². The SMILES string of the molecule is O=C=Nc1ccc(OC(=O)COCCOC(=O)C(CCCCNC(=O)COCCOC(=O)c2ccc(N=C=O)cc2)NC(=O)COCCOC(=O)c2ccc(N=C=O)cc2)cc1. The number of nitrogens with one attached hydrogen (secondary N) is 2. The van der Waals surface area contributed by atoms with Crippen LogP contribution in [-0.4, -0.2) is 126 Å². The van der Waals surface area contributed by atoms with Crippen LogP contribution in [0.5, 0.6) is 5.75 Å². The van der Waals surface area contributed by atoms with Gasteiger partial charge in [0.25, 0.3) is 0 Å². The second-order valence-electron chi connectivity index (χ2n) is 12.2. The summed E-state index contributed by atoms with van der Waals surface area (Å²) in [5.74, 6) is -3.77. The predicted molar refractivity (Wildman–Crippen MR) is 211 cm³/mol. The first-order chi connectivity index (χ1) is 30.1. The molecule has 62 heavy (non-hydrogen) atoms. The van der Waals surface area contributed by atoms with E-state index in [4.69, 9.17) is 33.2 Å². The Morgan fingerprint density at radius 1 is 0.532 bits per heavy atom. The van der Waals surface area contributed by atoms with E-state index in [-0.39, 0.29) is 76.1 Å². The van der Waals surface area contributed by atoms with E-state index in [0.717, 1.165) is 0 Å². The van der Waals surface area contributed by atoms with Crippen molar-refractivity contribution in [3.05, 3.63) is 83.9 Å². The van der Waals surface area contributed by atoms with Crippen molar-refractivity contribution in [2.24, 2.45) is 15.0 Å². The van der Waals surface area contributed by atoms with Crippen molar-refractivity contribution < 1.29 is 76.3 Å². The summed E-state index contributed by atoms with van der Waals surface area (Å²) in [7, 11) is 0. The second-order valence-corrected chi connectivity index (χ2v) is 12.2. The molecule has 0 saturated heterocycles. The molecular weight excluding hydrogens is 818 g/mol. The molecule has 0 saturated carbocycles. The highest BCUT2D eigenvalue weighted by Gasteiger charge is 2.22. The van der Waals surface area contributed by atoms with Crippen LogP contribution in [0.2, 0.25) is 0 Å². The monoisotopic (exact) mass is 859 g/mol. The van der Waals surface area contributed by atoms with Crippen LogP contribution in [0, 0.1) is 0 Å². The summed E-state index contributed by atoms with van der Waals surface area (Å²) in [5, 5.41) is 5.19. The van der Waals surface area contributed by atoms with Gasteiger partial charge in [-0.1, -0.05) is 0 Å². The summed E-state index contributed by atoms with van der Waals surface area (Å²) in [6.45, 7) is -2.03. The molecule has 326 valence electrons. The molecule has 2 N–H and O–H groups in total. The van der Waals surface area contributed by atoms with Crippen LogP contribution in [0.3, 0.4) is 0 Å². The smallest absolute Gasteiger partial charge is 0.338 e. The van der Waals surface area contributed by atoms with E-state index in [9.17, 15) is 43.2 Å². The van der Waals surface area contributed by atoms with Crippen LogP contribution < -0.4 is 15.4 Å². The molecule has 1 atom stereocenters. The third-order valence-corrected chi connectivity index (χ3v) is 7.74. The van der Waals surface area contributed by atoms with E-state index in [1.165, 1.54) is 91.0 Å². The van der Waals surface area contributed by atoms with Crippen molar-refractivity contribution in [1.29, 1.82) is 0 Å². The summed E-state index contributed by atoms with van der Waals surface area (Å²) in [5.41, 5.74) is 1.40. The number of rotatable bonds is 28. The van der Waals surface area contributed by atoms with Crippen molar-refractivity contribution in [1.82, 2.24) is 10.6 Å². The maximum absolute atomic E-state index is 13.0. The highest BCUT2D eigenvalue weighted by atomic mass is 16.6. The number of aliphatic imine (C=N–C) groups is 3. The highest BCUT2D eigenvalue weighted by molar-refractivity contribution is 5.90. The molecule has 0 aliphatic heterocycles. The fourth-order valence-electron chi connectivity index (χ4n) is 4.83. The number of isocyanates is 3. The van der Waals surface area contributed by atoms with Crippen LogP contribution in [0.4, 0.5) is 17.1 Å². The number of carbonyl (C=O) groups is 6. The Labute approximate surface area is 353 Å². The molecule has 3 rings (SSSR count). The minimum atomic E-state index is -1.13. The molecule has 1 unspecified atom stereocenters. The van der Waals surface area contributed by atoms with E-state index in [1.807, 2.05) is 0 Å².